The molecule has 0 amide bonds. The Morgan fingerprint density at radius 2 is 1.80 bits per heavy atom. The van der Waals surface area contributed by atoms with E-state index in [0.29, 0.717) is 12.5 Å². The highest BCUT2D eigenvalue weighted by Crippen LogP contribution is 2.18. The SMILES string of the molecule is CCN1CCN(c2cc(C)nc(NCc3ccc(OC)cc3)n2)CC1. The van der Waals surface area contributed by atoms with Crippen molar-refractivity contribution in [3.63, 3.8) is 0 Å². The number of aryl methyl sites for hydroxylation is 1. The number of aromatic nitrogens is 2. The van der Waals surface area contributed by atoms with Gasteiger partial charge in [-0.25, -0.2) is 4.98 Å². The summed E-state index contributed by atoms with van der Waals surface area (Å²) in [6.45, 7) is 10.3. The standard InChI is InChI=1S/C19H27N5O/c1-4-23-9-11-24(12-10-23)18-13-15(2)21-19(22-18)20-14-16-5-7-17(25-3)8-6-16/h5-8,13H,4,9-12,14H2,1-3H3,(H,20,21,22). The van der Waals surface area contributed by atoms with E-state index in [1.165, 1.54) is 5.56 Å². The summed E-state index contributed by atoms with van der Waals surface area (Å²) in [5.41, 5.74) is 2.16. The first-order valence-corrected chi connectivity index (χ1v) is 8.87. The number of methoxy groups -OCH3 is 1. The quantitative estimate of drug-likeness (QED) is 0.871. The number of nitrogens with one attached hydrogen (secondary N) is 1. The smallest absolute Gasteiger partial charge is 0.225 e. The predicted octanol–water partition coefficient (Wildman–Crippen LogP) is 2.55. The largest absolute Gasteiger partial charge is 0.497 e. The van der Waals surface area contributed by atoms with Crippen molar-refractivity contribution in [3.05, 3.63) is 41.6 Å². The van der Waals surface area contributed by atoms with Crippen LogP contribution in [0, 0.1) is 6.92 Å². The van der Waals surface area contributed by atoms with Crippen molar-refractivity contribution >= 4 is 11.8 Å². The van der Waals surface area contributed by atoms with Crippen molar-refractivity contribution < 1.29 is 4.74 Å². The Morgan fingerprint density at radius 3 is 2.44 bits per heavy atom. The second-order valence-corrected chi connectivity index (χ2v) is 6.31. The first-order valence-electron chi connectivity index (χ1n) is 8.87. The summed E-state index contributed by atoms with van der Waals surface area (Å²) in [4.78, 5) is 14.1. The number of hydrogen-bond donors (Lipinski definition) is 1. The fourth-order valence-corrected chi connectivity index (χ4v) is 3.01. The van der Waals surface area contributed by atoms with Crippen molar-refractivity contribution in [2.24, 2.45) is 0 Å². The van der Waals surface area contributed by atoms with Crippen LogP contribution < -0.4 is 15.0 Å². The van der Waals surface area contributed by atoms with E-state index < -0.39 is 0 Å². The van der Waals surface area contributed by atoms with Crippen LogP contribution in [0.25, 0.3) is 0 Å². The number of benzene rings is 1. The molecular formula is C19H27N5O. The van der Waals surface area contributed by atoms with Gasteiger partial charge in [-0.2, -0.15) is 4.98 Å². The molecule has 6 nitrogen and oxygen atoms in total. The van der Waals surface area contributed by atoms with Gasteiger partial charge in [-0.1, -0.05) is 19.1 Å². The van der Waals surface area contributed by atoms with Gasteiger partial charge in [0.05, 0.1) is 7.11 Å². The molecule has 134 valence electrons. The van der Waals surface area contributed by atoms with E-state index in [1.54, 1.807) is 7.11 Å². The summed E-state index contributed by atoms with van der Waals surface area (Å²) in [5.74, 6) is 2.56. The minimum absolute atomic E-state index is 0.684. The third kappa shape index (κ3) is 4.60. The van der Waals surface area contributed by atoms with Crippen LogP contribution in [0.15, 0.2) is 30.3 Å². The monoisotopic (exact) mass is 341 g/mol. The van der Waals surface area contributed by atoms with Crippen LogP contribution in [-0.2, 0) is 6.54 Å². The molecule has 1 fully saturated rings. The molecule has 6 heteroatoms. The van der Waals surface area contributed by atoms with Crippen LogP contribution in [0.4, 0.5) is 11.8 Å². The summed E-state index contributed by atoms with van der Waals surface area (Å²) in [7, 11) is 1.68. The summed E-state index contributed by atoms with van der Waals surface area (Å²) in [5, 5.41) is 3.34. The molecule has 0 unspecified atom stereocenters. The average molecular weight is 341 g/mol. The van der Waals surface area contributed by atoms with Crippen LogP contribution in [0.1, 0.15) is 18.2 Å². The van der Waals surface area contributed by atoms with Gasteiger partial charge in [-0.05, 0) is 31.2 Å². The zero-order chi connectivity index (χ0) is 17.6. The van der Waals surface area contributed by atoms with E-state index in [4.69, 9.17) is 9.72 Å². The number of piperazine rings is 1. The molecule has 1 aromatic carbocycles. The third-order valence-electron chi connectivity index (χ3n) is 4.59. The minimum atomic E-state index is 0.684. The Hall–Kier alpha value is -2.34. The summed E-state index contributed by atoms with van der Waals surface area (Å²) in [6, 6.07) is 10.1. The van der Waals surface area contributed by atoms with Crippen molar-refractivity contribution in [1.82, 2.24) is 14.9 Å². The van der Waals surface area contributed by atoms with Gasteiger partial charge in [0.1, 0.15) is 11.6 Å². The minimum Gasteiger partial charge on any atom is -0.497 e. The van der Waals surface area contributed by atoms with Crippen LogP contribution >= 0.6 is 0 Å². The molecule has 2 heterocycles. The Kier molecular flexibility index (Phi) is 5.71. The highest BCUT2D eigenvalue weighted by molar-refractivity contribution is 5.45. The van der Waals surface area contributed by atoms with Crippen molar-refractivity contribution in [2.75, 3.05) is 50.1 Å². The fourth-order valence-electron chi connectivity index (χ4n) is 3.01. The van der Waals surface area contributed by atoms with Gasteiger partial charge in [-0.3, -0.25) is 0 Å². The maximum atomic E-state index is 5.19. The summed E-state index contributed by atoms with van der Waals surface area (Å²) in [6.07, 6.45) is 0. The maximum absolute atomic E-state index is 5.19. The Morgan fingerprint density at radius 1 is 1.08 bits per heavy atom. The first-order chi connectivity index (χ1) is 12.2. The molecule has 3 rings (SSSR count). The highest BCUT2D eigenvalue weighted by Gasteiger charge is 2.17. The van der Waals surface area contributed by atoms with Gasteiger partial charge in [0.2, 0.25) is 5.95 Å². The van der Waals surface area contributed by atoms with Gasteiger partial charge in [0.25, 0.3) is 0 Å². The molecule has 1 aromatic heterocycles. The average Bonchev–Trinajstić information content (AvgIpc) is 2.66. The van der Waals surface area contributed by atoms with Gasteiger partial charge in [0, 0.05) is 44.5 Å². The lowest BCUT2D eigenvalue weighted by Gasteiger charge is -2.34. The molecule has 0 radical (unpaired) electrons. The van der Waals surface area contributed by atoms with Crippen molar-refractivity contribution in [3.8, 4) is 5.75 Å². The predicted molar refractivity (Wildman–Crippen MR) is 101 cm³/mol. The topological polar surface area (TPSA) is 53.5 Å². The Labute approximate surface area is 149 Å². The molecule has 1 saturated heterocycles. The maximum Gasteiger partial charge on any atom is 0.225 e. The zero-order valence-corrected chi connectivity index (χ0v) is 15.3. The lowest BCUT2D eigenvalue weighted by Crippen LogP contribution is -2.46. The zero-order valence-electron chi connectivity index (χ0n) is 15.3. The number of anilines is 2. The van der Waals surface area contributed by atoms with E-state index in [2.05, 4.69) is 33.1 Å². The molecule has 1 aliphatic heterocycles. The van der Waals surface area contributed by atoms with E-state index in [0.717, 1.165) is 50.0 Å². The van der Waals surface area contributed by atoms with Crippen molar-refractivity contribution in [2.45, 2.75) is 20.4 Å². The van der Waals surface area contributed by atoms with Crippen LogP contribution in [-0.4, -0.2) is 54.7 Å². The molecular weight excluding hydrogens is 314 g/mol. The number of ether oxygens (including phenoxy) is 1. The van der Waals surface area contributed by atoms with Crippen LogP contribution in [0.3, 0.4) is 0 Å². The second-order valence-electron chi connectivity index (χ2n) is 6.31. The van der Waals surface area contributed by atoms with Crippen molar-refractivity contribution in [1.29, 1.82) is 0 Å². The van der Waals surface area contributed by atoms with Crippen LogP contribution in [0.2, 0.25) is 0 Å². The third-order valence-corrected chi connectivity index (χ3v) is 4.59. The molecule has 1 aliphatic rings. The Balaban J connectivity index is 1.64. The molecule has 25 heavy (non-hydrogen) atoms. The lowest BCUT2D eigenvalue weighted by atomic mass is 10.2. The van der Waals surface area contributed by atoms with Crippen LogP contribution in [0.5, 0.6) is 5.75 Å². The molecule has 0 saturated carbocycles. The number of likely N-dealkylation sites (N-methyl/N-ethyl adjacent to an activating group) is 1. The second kappa shape index (κ2) is 8.16. The molecule has 0 aliphatic carbocycles. The molecule has 0 spiro atoms. The molecule has 1 N–H and O–H groups in total. The number of rotatable bonds is 6. The highest BCUT2D eigenvalue weighted by atomic mass is 16.5. The molecule has 0 bridgehead atoms. The first kappa shape index (κ1) is 17.5. The normalized spacial score (nSPS) is 15.2. The molecule has 2 aromatic rings. The Bertz CT molecular complexity index is 681. The summed E-state index contributed by atoms with van der Waals surface area (Å²) < 4.78 is 5.19. The van der Waals surface area contributed by atoms with E-state index in [-0.39, 0.29) is 0 Å². The lowest BCUT2D eigenvalue weighted by molar-refractivity contribution is 0.270. The van der Waals surface area contributed by atoms with E-state index in [9.17, 15) is 0 Å². The van der Waals surface area contributed by atoms with E-state index >= 15 is 0 Å². The van der Waals surface area contributed by atoms with E-state index in [1.807, 2.05) is 31.2 Å². The van der Waals surface area contributed by atoms with Gasteiger partial charge in [-0.15, -0.1) is 0 Å². The summed E-state index contributed by atoms with van der Waals surface area (Å²) >= 11 is 0. The number of hydrogen-bond acceptors (Lipinski definition) is 6. The molecule has 0 atom stereocenters. The van der Waals surface area contributed by atoms with Gasteiger partial charge in [0.15, 0.2) is 0 Å². The number of nitrogens with zero attached hydrogens (tertiary/aromatic N) is 4. The fraction of sp³-hybridized carbons (Fsp3) is 0.474. The van der Waals surface area contributed by atoms with Gasteiger partial charge < -0.3 is 19.9 Å². The van der Waals surface area contributed by atoms with Gasteiger partial charge >= 0.3 is 0 Å².